The highest BCUT2D eigenvalue weighted by molar-refractivity contribution is 7.89. The molecule has 0 saturated carbocycles. The van der Waals surface area contributed by atoms with Crippen LogP contribution in [0, 0.1) is 0 Å². The van der Waals surface area contributed by atoms with Gasteiger partial charge in [-0.15, -0.1) is 11.3 Å². The molecule has 3 heterocycles. The van der Waals surface area contributed by atoms with Crippen LogP contribution in [0.3, 0.4) is 0 Å². The number of thiophene rings is 1. The second-order valence-electron chi connectivity index (χ2n) is 8.99. The van der Waals surface area contributed by atoms with Gasteiger partial charge in [0.25, 0.3) is 0 Å². The second kappa shape index (κ2) is 9.33. The van der Waals surface area contributed by atoms with Gasteiger partial charge in [-0.3, -0.25) is 0 Å². The summed E-state index contributed by atoms with van der Waals surface area (Å²) in [6.45, 7) is 0.303. The van der Waals surface area contributed by atoms with Gasteiger partial charge in [-0.1, -0.05) is 24.3 Å². The Hall–Kier alpha value is -2.66. The number of aliphatic hydroxyl groups is 1. The molecule has 0 atom stereocenters. The van der Waals surface area contributed by atoms with E-state index in [0.717, 1.165) is 16.5 Å². The monoisotopic (exact) mass is 535 g/mol. The molecule has 0 amide bonds. The van der Waals surface area contributed by atoms with E-state index in [4.69, 9.17) is 4.74 Å². The van der Waals surface area contributed by atoms with Crippen LogP contribution in [-0.4, -0.2) is 43.7 Å². The molecule has 36 heavy (non-hydrogen) atoms. The minimum Gasteiger partial charge on any atom is -0.489 e. The largest absolute Gasteiger partial charge is 0.489 e. The summed E-state index contributed by atoms with van der Waals surface area (Å²) < 4.78 is 73.3. The van der Waals surface area contributed by atoms with Crippen molar-refractivity contribution in [3.05, 3.63) is 87.6 Å². The summed E-state index contributed by atoms with van der Waals surface area (Å²) in [5, 5.41) is 12.8. The van der Waals surface area contributed by atoms with Crippen molar-refractivity contribution in [3.63, 3.8) is 0 Å². The average Bonchev–Trinajstić information content (AvgIpc) is 3.40. The van der Waals surface area contributed by atoms with Gasteiger partial charge in [0.15, 0.2) is 0 Å². The summed E-state index contributed by atoms with van der Waals surface area (Å²) in [5.41, 5.74) is -0.272. The molecule has 2 aliphatic heterocycles. The van der Waals surface area contributed by atoms with Crippen molar-refractivity contribution < 1.29 is 31.4 Å². The third-order valence-corrected chi connectivity index (χ3v) is 9.64. The molecule has 0 spiro atoms. The Labute approximate surface area is 211 Å². The van der Waals surface area contributed by atoms with Crippen LogP contribution >= 0.6 is 11.3 Å². The molecule has 1 N–H and O–H groups in total. The highest BCUT2D eigenvalue weighted by Crippen LogP contribution is 2.41. The first-order valence-corrected chi connectivity index (χ1v) is 13.8. The molecular weight excluding hydrogens is 511 g/mol. The minimum atomic E-state index is -4.47. The molecule has 5 rings (SSSR count). The van der Waals surface area contributed by atoms with Crippen LogP contribution in [-0.2, 0) is 22.0 Å². The van der Waals surface area contributed by atoms with E-state index in [2.05, 4.69) is 0 Å². The molecule has 190 valence electrons. The fourth-order valence-corrected chi connectivity index (χ4v) is 6.99. The molecule has 1 fully saturated rings. The van der Waals surface area contributed by atoms with Crippen molar-refractivity contribution in [1.82, 2.24) is 4.31 Å². The van der Waals surface area contributed by atoms with Crippen molar-refractivity contribution in [2.24, 2.45) is 0 Å². The number of allylic oxidation sites excluding steroid dienone is 1. The number of alkyl halides is 3. The van der Waals surface area contributed by atoms with Crippen molar-refractivity contribution in [2.45, 2.75) is 35.9 Å². The Bertz CT molecular complexity index is 1370. The van der Waals surface area contributed by atoms with Gasteiger partial charge in [-0.25, -0.2) is 8.42 Å². The number of ether oxygens (including phenoxy) is 1. The fraction of sp³-hybridized carbons (Fsp3) is 0.308. The van der Waals surface area contributed by atoms with Crippen LogP contribution in [0.4, 0.5) is 13.2 Å². The quantitative estimate of drug-likeness (QED) is 0.479. The summed E-state index contributed by atoms with van der Waals surface area (Å²) in [4.78, 5) is 0.990. The Morgan fingerprint density at radius 2 is 1.72 bits per heavy atom. The summed E-state index contributed by atoms with van der Waals surface area (Å²) in [6, 6.07) is 14.9. The third kappa shape index (κ3) is 4.82. The standard InChI is InChI=1S/C26H24F3NO4S2/c27-26(28,29)22-9-14-34-23-8-5-19(17-21(22)23)16-18-3-6-20(7-4-18)36(32,33)30-12-10-25(31,11-13-30)24-2-1-15-35-24/h1-9,15,17,31H,10-14,16H2. The lowest BCUT2D eigenvalue weighted by Crippen LogP contribution is -2.44. The number of fused-ring (bicyclic) bond motifs is 1. The Kier molecular flexibility index (Phi) is 6.48. The van der Waals surface area contributed by atoms with E-state index in [1.807, 2.05) is 17.5 Å². The molecule has 1 aromatic heterocycles. The Morgan fingerprint density at radius 3 is 2.36 bits per heavy atom. The lowest BCUT2D eigenvalue weighted by molar-refractivity contribution is -0.0697. The lowest BCUT2D eigenvalue weighted by Gasteiger charge is -2.37. The number of sulfonamides is 1. The highest BCUT2D eigenvalue weighted by atomic mass is 32.2. The molecular formula is C26H24F3NO4S2. The van der Waals surface area contributed by atoms with Gasteiger partial charge in [0.1, 0.15) is 18.0 Å². The minimum absolute atomic E-state index is 0.0121. The van der Waals surface area contributed by atoms with Gasteiger partial charge >= 0.3 is 6.18 Å². The molecule has 2 aliphatic rings. The number of hydrogen-bond donors (Lipinski definition) is 1. The first-order valence-electron chi connectivity index (χ1n) is 11.5. The predicted molar refractivity (Wildman–Crippen MR) is 131 cm³/mol. The summed E-state index contributed by atoms with van der Waals surface area (Å²) >= 11 is 1.46. The molecule has 0 radical (unpaired) electrons. The molecule has 1 saturated heterocycles. The summed E-state index contributed by atoms with van der Waals surface area (Å²) in [6.07, 6.45) is -2.45. The van der Waals surface area contributed by atoms with Crippen LogP contribution in [0.5, 0.6) is 5.75 Å². The molecule has 10 heteroatoms. The summed E-state index contributed by atoms with van der Waals surface area (Å²) in [5.74, 6) is 0.197. The third-order valence-electron chi connectivity index (χ3n) is 6.66. The van der Waals surface area contributed by atoms with Crippen LogP contribution in [0.2, 0.25) is 0 Å². The van der Waals surface area contributed by atoms with Crippen LogP contribution in [0.15, 0.2) is 70.9 Å². The zero-order valence-corrected chi connectivity index (χ0v) is 20.8. The van der Waals surface area contributed by atoms with Crippen LogP contribution in [0.25, 0.3) is 5.57 Å². The number of nitrogens with zero attached hydrogens (tertiary/aromatic N) is 1. The lowest BCUT2D eigenvalue weighted by atomic mass is 9.91. The normalized spacial score (nSPS) is 18.3. The van der Waals surface area contributed by atoms with Crippen molar-refractivity contribution in [3.8, 4) is 5.75 Å². The zero-order chi connectivity index (χ0) is 25.6. The van der Waals surface area contributed by atoms with Gasteiger partial charge in [-0.05, 0) is 72.2 Å². The van der Waals surface area contributed by atoms with Crippen molar-refractivity contribution in [1.29, 1.82) is 0 Å². The van der Waals surface area contributed by atoms with Crippen molar-refractivity contribution in [2.75, 3.05) is 19.7 Å². The van der Waals surface area contributed by atoms with Gasteiger partial charge in [-0.2, -0.15) is 17.5 Å². The van der Waals surface area contributed by atoms with Crippen LogP contribution < -0.4 is 4.74 Å². The summed E-state index contributed by atoms with van der Waals surface area (Å²) in [7, 11) is -3.73. The number of halogens is 3. The first kappa shape index (κ1) is 25.0. The van der Waals surface area contributed by atoms with Gasteiger partial charge < -0.3 is 9.84 Å². The maximum atomic E-state index is 13.4. The average molecular weight is 536 g/mol. The van der Waals surface area contributed by atoms with Gasteiger partial charge in [0, 0.05) is 23.5 Å². The SMILES string of the molecule is O=S(=O)(c1ccc(Cc2ccc3c(c2)C(C(F)(F)F)=CCO3)cc1)N1CCC(O)(c2cccs2)CC1. The number of hydrogen-bond acceptors (Lipinski definition) is 5. The Balaban J connectivity index is 1.29. The van der Waals surface area contributed by atoms with Gasteiger partial charge in [0.05, 0.1) is 10.5 Å². The molecule has 5 nitrogen and oxygen atoms in total. The topological polar surface area (TPSA) is 66.8 Å². The predicted octanol–water partition coefficient (Wildman–Crippen LogP) is 5.35. The molecule has 0 aliphatic carbocycles. The van der Waals surface area contributed by atoms with E-state index in [9.17, 15) is 26.7 Å². The maximum absolute atomic E-state index is 13.4. The highest BCUT2D eigenvalue weighted by Gasteiger charge is 2.39. The smallest absolute Gasteiger partial charge is 0.416 e. The molecule has 3 aromatic rings. The number of piperidine rings is 1. The van der Waals surface area contributed by atoms with E-state index in [-0.39, 0.29) is 35.9 Å². The molecule has 0 unspecified atom stereocenters. The molecule has 0 bridgehead atoms. The van der Waals surface area contributed by atoms with Gasteiger partial charge in [0.2, 0.25) is 10.0 Å². The van der Waals surface area contributed by atoms with E-state index >= 15 is 0 Å². The first-order chi connectivity index (χ1) is 17.1. The Morgan fingerprint density at radius 1 is 1.03 bits per heavy atom. The fourth-order valence-electron chi connectivity index (χ4n) is 4.67. The van der Waals surface area contributed by atoms with Crippen molar-refractivity contribution >= 4 is 26.9 Å². The van der Waals surface area contributed by atoms with Crippen LogP contribution in [0.1, 0.15) is 34.4 Å². The van der Waals surface area contributed by atoms with E-state index in [1.165, 1.54) is 39.9 Å². The second-order valence-corrected chi connectivity index (χ2v) is 11.9. The van der Waals surface area contributed by atoms with E-state index < -0.39 is 27.4 Å². The number of rotatable bonds is 5. The molecule has 2 aromatic carbocycles. The van der Waals surface area contributed by atoms with E-state index in [0.29, 0.717) is 24.8 Å². The van der Waals surface area contributed by atoms with E-state index in [1.54, 1.807) is 18.2 Å². The zero-order valence-electron chi connectivity index (χ0n) is 19.2. The number of benzene rings is 2. The maximum Gasteiger partial charge on any atom is 0.416 e.